The average molecular weight is 1150 g/mol. The van der Waals surface area contributed by atoms with E-state index in [2.05, 4.69) is 287 Å². The van der Waals surface area contributed by atoms with Crippen LogP contribution in [0.3, 0.4) is 0 Å². The van der Waals surface area contributed by atoms with Gasteiger partial charge in [0.15, 0.2) is 0 Å². The minimum absolute atomic E-state index is 0. The fraction of sp³-hybridized carbons (Fsp3) is 0.265. The van der Waals surface area contributed by atoms with Crippen molar-refractivity contribution in [2.24, 2.45) is 0 Å². The minimum Gasteiger partial charge on any atom is -0.509 e. The molecule has 0 unspecified atom stereocenters. The van der Waals surface area contributed by atoms with Crippen LogP contribution in [0.5, 0.6) is 11.5 Å². The third-order valence-electron chi connectivity index (χ3n) is 14.9. The summed E-state index contributed by atoms with van der Waals surface area (Å²) in [5.41, 5.74) is 13.3. The quantitative estimate of drug-likeness (QED) is 0.128. The van der Waals surface area contributed by atoms with Crippen LogP contribution in [0.25, 0.3) is 38.8 Å². The molecule has 0 N–H and O–H groups in total. The molecule has 0 bridgehead atoms. The normalized spacial score (nSPS) is 13.7. The van der Waals surface area contributed by atoms with Gasteiger partial charge >= 0.3 is 0 Å². The van der Waals surface area contributed by atoms with Crippen LogP contribution < -0.4 is 14.5 Å². The number of benzene rings is 7. The van der Waals surface area contributed by atoms with Crippen LogP contribution in [-0.2, 0) is 48.1 Å². The molecule has 0 amide bonds. The number of aromatic nitrogens is 2. The van der Waals surface area contributed by atoms with Crippen molar-refractivity contribution in [2.75, 3.05) is 9.80 Å². The van der Waals surface area contributed by atoms with E-state index in [1.54, 1.807) is 0 Å². The summed E-state index contributed by atoms with van der Waals surface area (Å²) < 4.78 is 9.29. The third-order valence-corrected chi connectivity index (χ3v) is 14.9. The van der Waals surface area contributed by atoms with Gasteiger partial charge in [0.1, 0.15) is 5.82 Å². The summed E-state index contributed by atoms with van der Waals surface area (Å²) >= 11 is 0. The molecule has 10 rings (SSSR count). The molecule has 74 heavy (non-hydrogen) atoms. The van der Waals surface area contributed by atoms with Crippen molar-refractivity contribution in [1.29, 1.82) is 0 Å². The molecule has 7 aromatic carbocycles. The Bertz CT molecular complexity index is 3510. The standard InChI is InChI=1S/C68H69N4O.Pt/c1-64(2,3)50-35-36-69-61(42-50)72-59-32-24-23-31-57(59)58-34-33-55(44-60(58)72)73-56-41-52(66(7,8)9)40-54(43-56)71-45-70(53-38-47(46-25-17-14-18-26-46)37-51(39-53)65(4,5)6)62(67(10,11)48-27-19-15-20-28-48)63(71)68(12,13)49-29-21-16-22-30-49;/h14-42,45H,1-13H3;/q-3;. The summed E-state index contributed by atoms with van der Waals surface area (Å²) in [6, 6.07) is 68.9. The molecule has 9 aromatic rings. The van der Waals surface area contributed by atoms with Gasteiger partial charge in [-0.15, -0.1) is 53.6 Å². The number of ether oxygens (including phenoxy) is 1. The van der Waals surface area contributed by atoms with E-state index in [4.69, 9.17) is 9.72 Å². The first-order chi connectivity index (χ1) is 34.6. The molecule has 6 heteroatoms. The monoisotopic (exact) mass is 1150 g/mol. The number of rotatable bonds is 10. The second kappa shape index (κ2) is 19.5. The van der Waals surface area contributed by atoms with Crippen molar-refractivity contribution >= 4 is 33.2 Å². The van der Waals surface area contributed by atoms with Crippen molar-refractivity contribution in [3.63, 3.8) is 0 Å². The molecule has 0 atom stereocenters. The topological polar surface area (TPSA) is 33.5 Å². The molecule has 0 radical (unpaired) electrons. The molecule has 0 saturated carbocycles. The average Bonchev–Trinajstić information content (AvgIpc) is 3.95. The van der Waals surface area contributed by atoms with Gasteiger partial charge in [-0.1, -0.05) is 211 Å². The van der Waals surface area contributed by atoms with E-state index in [1.165, 1.54) is 39.1 Å². The van der Waals surface area contributed by atoms with Crippen molar-refractivity contribution in [3.05, 3.63) is 234 Å². The zero-order valence-corrected chi connectivity index (χ0v) is 47.6. The molecule has 0 aliphatic carbocycles. The summed E-state index contributed by atoms with van der Waals surface area (Å²) in [6.45, 7) is 32.2. The SMILES string of the molecule is CC(C)(C)c1cc(Oc2[c-]c3c(cc2)c2ccccc2n3-c2cc(C(C)(C)C)ccn2)[c-]c(N2[CH-]N(c3cc(-c4ccccc4)cc(C(C)(C)C)c3)C(C(C)(C)c3ccccc3)=C2C(C)(C)c2ccccc2)c1.[Pt]. The number of para-hydroxylation sites is 1. The van der Waals surface area contributed by atoms with Crippen LogP contribution in [0.2, 0.25) is 0 Å². The van der Waals surface area contributed by atoms with Gasteiger partial charge in [-0.3, -0.25) is 0 Å². The van der Waals surface area contributed by atoms with Gasteiger partial charge in [0.05, 0.1) is 0 Å². The Morgan fingerprint density at radius 1 is 0.446 bits per heavy atom. The number of pyridine rings is 1. The molecule has 0 fully saturated rings. The van der Waals surface area contributed by atoms with Gasteiger partial charge in [-0.2, -0.15) is 6.07 Å². The van der Waals surface area contributed by atoms with Crippen LogP contribution in [0.1, 0.15) is 118 Å². The molecular formula is C68H69N4OPt-3. The first-order valence-corrected chi connectivity index (χ1v) is 25.8. The Morgan fingerprint density at radius 3 is 1.61 bits per heavy atom. The molecule has 3 heterocycles. The van der Waals surface area contributed by atoms with Crippen LogP contribution >= 0.6 is 0 Å². The van der Waals surface area contributed by atoms with Crippen LogP contribution in [0.15, 0.2) is 187 Å². The predicted molar refractivity (Wildman–Crippen MR) is 306 cm³/mol. The maximum Gasteiger partial charge on any atom is 0.135 e. The van der Waals surface area contributed by atoms with Gasteiger partial charge in [-0.05, 0) is 85.3 Å². The zero-order valence-electron chi connectivity index (χ0n) is 45.3. The summed E-state index contributed by atoms with van der Waals surface area (Å²) in [7, 11) is 0. The molecule has 0 spiro atoms. The third kappa shape index (κ3) is 9.89. The van der Waals surface area contributed by atoms with E-state index >= 15 is 0 Å². The molecule has 2 aromatic heterocycles. The second-order valence-electron chi connectivity index (χ2n) is 24.0. The van der Waals surface area contributed by atoms with Crippen molar-refractivity contribution < 1.29 is 25.8 Å². The Morgan fingerprint density at radius 2 is 1.00 bits per heavy atom. The fourth-order valence-corrected chi connectivity index (χ4v) is 10.4. The maximum atomic E-state index is 7.07. The number of allylic oxidation sites excluding steroid dienone is 2. The van der Waals surface area contributed by atoms with Gasteiger partial charge in [0.2, 0.25) is 0 Å². The van der Waals surface area contributed by atoms with Crippen LogP contribution in [0, 0.1) is 18.8 Å². The van der Waals surface area contributed by atoms with E-state index in [9.17, 15) is 0 Å². The van der Waals surface area contributed by atoms with E-state index < -0.39 is 10.8 Å². The Hall–Kier alpha value is -6.68. The first kappa shape index (κ1) is 52.2. The number of hydrogen-bond donors (Lipinski definition) is 0. The molecular weight excluding hydrogens is 1080 g/mol. The van der Waals surface area contributed by atoms with Crippen LogP contribution in [0.4, 0.5) is 11.4 Å². The molecule has 5 nitrogen and oxygen atoms in total. The zero-order chi connectivity index (χ0) is 51.7. The smallest absolute Gasteiger partial charge is 0.135 e. The molecule has 1 aliphatic heterocycles. The number of fused-ring (bicyclic) bond motifs is 3. The summed E-state index contributed by atoms with van der Waals surface area (Å²) in [5.74, 6) is 2.06. The molecule has 0 saturated heterocycles. The largest absolute Gasteiger partial charge is 0.509 e. The second-order valence-corrected chi connectivity index (χ2v) is 24.0. The maximum absolute atomic E-state index is 7.07. The minimum atomic E-state index is -0.505. The van der Waals surface area contributed by atoms with Gasteiger partial charge in [0, 0.05) is 72.2 Å². The van der Waals surface area contributed by atoms with E-state index in [-0.39, 0.29) is 37.3 Å². The van der Waals surface area contributed by atoms with E-state index in [0.717, 1.165) is 50.3 Å². The number of nitrogens with zero attached hydrogens (tertiary/aromatic N) is 4. The number of hydrogen-bond acceptors (Lipinski definition) is 4. The van der Waals surface area contributed by atoms with Gasteiger partial charge < -0.3 is 19.1 Å². The van der Waals surface area contributed by atoms with Crippen molar-refractivity contribution in [2.45, 2.75) is 117 Å². The number of anilines is 2. The predicted octanol–water partition coefficient (Wildman–Crippen LogP) is 17.7. The van der Waals surface area contributed by atoms with Gasteiger partial charge in [0.25, 0.3) is 0 Å². The Labute approximate surface area is 455 Å². The van der Waals surface area contributed by atoms with Crippen molar-refractivity contribution in [1.82, 2.24) is 9.55 Å². The van der Waals surface area contributed by atoms with E-state index in [1.807, 2.05) is 12.3 Å². The molecule has 380 valence electrons. The van der Waals surface area contributed by atoms with Crippen LogP contribution in [-0.4, -0.2) is 9.55 Å². The summed E-state index contributed by atoms with van der Waals surface area (Å²) in [4.78, 5) is 9.81. The summed E-state index contributed by atoms with van der Waals surface area (Å²) in [6.07, 6.45) is 1.92. The summed E-state index contributed by atoms with van der Waals surface area (Å²) in [5, 5.41) is 2.22. The Balaban J connectivity index is 0.00000672. The molecule has 1 aliphatic rings. The Kier molecular flexibility index (Phi) is 13.8. The van der Waals surface area contributed by atoms with E-state index in [0.29, 0.717) is 11.5 Å². The first-order valence-electron chi connectivity index (χ1n) is 25.8. The fourth-order valence-electron chi connectivity index (χ4n) is 10.4. The van der Waals surface area contributed by atoms with Gasteiger partial charge in [-0.25, -0.2) is 4.98 Å². The van der Waals surface area contributed by atoms with Crippen molar-refractivity contribution in [3.8, 4) is 28.4 Å².